The van der Waals surface area contributed by atoms with E-state index in [0.29, 0.717) is 6.04 Å². The van der Waals surface area contributed by atoms with Gasteiger partial charge in [0.2, 0.25) is 0 Å². The maximum atomic E-state index is 4.50. The second-order valence-corrected chi connectivity index (χ2v) is 4.92. The van der Waals surface area contributed by atoms with Gasteiger partial charge in [-0.3, -0.25) is 0 Å². The van der Waals surface area contributed by atoms with Crippen LogP contribution in [0.4, 0.5) is 11.6 Å². The highest BCUT2D eigenvalue weighted by molar-refractivity contribution is 5.45. The molecule has 1 saturated heterocycles. The van der Waals surface area contributed by atoms with Crippen LogP contribution in [-0.4, -0.2) is 42.6 Å². The molecule has 0 radical (unpaired) electrons. The average molecular weight is 248 g/mol. The summed E-state index contributed by atoms with van der Waals surface area (Å²) in [5, 5.41) is 6.61. The lowest BCUT2D eigenvalue weighted by atomic mass is 10.0. The number of nitrogens with zero attached hydrogens (tertiary/aromatic N) is 2. The van der Waals surface area contributed by atoms with Gasteiger partial charge in [-0.25, -0.2) is 4.98 Å². The smallest absolute Gasteiger partial charge is 0.128 e. The third kappa shape index (κ3) is 3.60. The van der Waals surface area contributed by atoms with E-state index in [9.17, 15) is 0 Å². The maximum Gasteiger partial charge on any atom is 0.128 e. The molecule has 0 aromatic carbocycles. The second-order valence-electron chi connectivity index (χ2n) is 4.92. The van der Waals surface area contributed by atoms with Gasteiger partial charge in [0.25, 0.3) is 0 Å². The molecule has 1 fully saturated rings. The van der Waals surface area contributed by atoms with E-state index in [2.05, 4.69) is 27.4 Å². The first-order valence-corrected chi connectivity index (χ1v) is 6.95. The topological polar surface area (TPSA) is 40.2 Å². The fourth-order valence-corrected chi connectivity index (χ4v) is 2.48. The second kappa shape index (κ2) is 6.59. The Morgan fingerprint density at radius 3 is 2.67 bits per heavy atom. The van der Waals surface area contributed by atoms with Crippen molar-refractivity contribution < 1.29 is 0 Å². The molecular formula is C14H24N4. The normalized spacial score (nSPS) is 17.7. The molecule has 1 aromatic rings. The van der Waals surface area contributed by atoms with Crippen LogP contribution in [-0.2, 0) is 0 Å². The largest absolute Gasteiger partial charge is 0.373 e. The number of pyridine rings is 1. The van der Waals surface area contributed by atoms with E-state index in [4.69, 9.17) is 0 Å². The predicted octanol–water partition coefficient (Wildman–Crippen LogP) is 2.41. The van der Waals surface area contributed by atoms with E-state index >= 15 is 0 Å². The van der Waals surface area contributed by atoms with Crippen LogP contribution in [0, 0.1) is 0 Å². The van der Waals surface area contributed by atoms with Crippen molar-refractivity contribution in [2.24, 2.45) is 0 Å². The number of rotatable bonds is 5. The van der Waals surface area contributed by atoms with Gasteiger partial charge in [-0.2, -0.15) is 0 Å². The van der Waals surface area contributed by atoms with Gasteiger partial charge in [0.05, 0.1) is 0 Å². The molecule has 0 bridgehead atoms. The molecule has 1 aliphatic rings. The van der Waals surface area contributed by atoms with E-state index in [1.165, 1.54) is 38.9 Å². The van der Waals surface area contributed by atoms with Crippen LogP contribution in [0.5, 0.6) is 0 Å². The lowest BCUT2D eigenvalue weighted by molar-refractivity contribution is 0.219. The van der Waals surface area contributed by atoms with Crippen molar-refractivity contribution in [2.45, 2.75) is 32.2 Å². The molecule has 2 heterocycles. The van der Waals surface area contributed by atoms with Gasteiger partial charge >= 0.3 is 0 Å². The van der Waals surface area contributed by atoms with Crippen LogP contribution in [0.1, 0.15) is 26.2 Å². The highest BCUT2D eigenvalue weighted by Crippen LogP contribution is 2.16. The zero-order valence-electron chi connectivity index (χ0n) is 11.4. The van der Waals surface area contributed by atoms with Crippen molar-refractivity contribution in [2.75, 3.05) is 37.3 Å². The number of nitrogens with one attached hydrogen (secondary N) is 2. The summed E-state index contributed by atoms with van der Waals surface area (Å²) in [7, 11) is 1.90. The molecule has 0 saturated carbocycles. The molecule has 0 amide bonds. The van der Waals surface area contributed by atoms with Crippen molar-refractivity contribution >= 4 is 11.6 Å². The molecule has 1 aromatic heterocycles. The molecule has 4 heteroatoms. The molecule has 0 aliphatic carbocycles. The van der Waals surface area contributed by atoms with E-state index in [-0.39, 0.29) is 0 Å². The van der Waals surface area contributed by atoms with Crippen molar-refractivity contribution in [3.63, 3.8) is 0 Å². The minimum Gasteiger partial charge on any atom is -0.373 e. The number of anilines is 2. The van der Waals surface area contributed by atoms with Crippen molar-refractivity contribution in [3.8, 4) is 0 Å². The average Bonchev–Trinajstić information content (AvgIpc) is 2.42. The van der Waals surface area contributed by atoms with Crippen LogP contribution >= 0.6 is 0 Å². The number of aromatic nitrogens is 1. The van der Waals surface area contributed by atoms with Gasteiger partial charge < -0.3 is 15.5 Å². The van der Waals surface area contributed by atoms with Gasteiger partial charge in [0, 0.05) is 26.2 Å². The first-order chi connectivity index (χ1) is 8.81. The highest BCUT2D eigenvalue weighted by atomic mass is 15.1. The summed E-state index contributed by atoms with van der Waals surface area (Å²) in [6.07, 6.45) is 3.68. The van der Waals surface area contributed by atoms with Crippen LogP contribution < -0.4 is 10.6 Å². The molecule has 100 valence electrons. The van der Waals surface area contributed by atoms with E-state index < -0.39 is 0 Å². The Balaban J connectivity index is 1.83. The Kier molecular flexibility index (Phi) is 4.81. The van der Waals surface area contributed by atoms with Crippen LogP contribution in [0.25, 0.3) is 0 Å². The lowest BCUT2D eigenvalue weighted by Gasteiger charge is -2.32. The zero-order chi connectivity index (χ0) is 12.8. The zero-order valence-corrected chi connectivity index (χ0v) is 11.4. The minimum atomic E-state index is 0.567. The third-order valence-electron chi connectivity index (χ3n) is 3.48. The summed E-state index contributed by atoms with van der Waals surface area (Å²) in [5.74, 6) is 1.90. The quantitative estimate of drug-likeness (QED) is 0.839. The third-order valence-corrected chi connectivity index (χ3v) is 3.48. The van der Waals surface area contributed by atoms with Crippen molar-refractivity contribution in [1.82, 2.24) is 9.88 Å². The number of hydrogen-bond acceptors (Lipinski definition) is 4. The Morgan fingerprint density at radius 2 is 2.00 bits per heavy atom. The van der Waals surface area contributed by atoms with Gasteiger partial charge in [-0.05, 0) is 37.9 Å². The van der Waals surface area contributed by atoms with Crippen LogP contribution in [0.2, 0.25) is 0 Å². The molecular weight excluding hydrogens is 224 g/mol. The Bertz CT molecular complexity index is 359. The monoisotopic (exact) mass is 248 g/mol. The molecule has 2 rings (SSSR count). The van der Waals surface area contributed by atoms with Gasteiger partial charge in [-0.15, -0.1) is 0 Å². The van der Waals surface area contributed by atoms with E-state index in [1.807, 2.05) is 25.2 Å². The molecule has 0 spiro atoms. The predicted molar refractivity (Wildman–Crippen MR) is 77.2 cm³/mol. The molecule has 0 unspecified atom stereocenters. The summed E-state index contributed by atoms with van der Waals surface area (Å²) >= 11 is 0. The van der Waals surface area contributed by atoms with Gasteiger partial charge in [-0.1, -0.05) is 13.0 Å². The summed E-state index contributed by atoms with van der Waals surface area (Å²) in [4.78, 5) is 7.06. The van der Waals surface area contributed by atoms with E-state index in [1.54, 1.807) is 0 Å². The van der Waals surface area contributed by atoms with E-state index in [0.717, 1.165) is 11.6 Å². The number of hydrogen-bond donors (Lipinski definition) is 2. The molecule has 0 atom stereocenters. The fourth-order valence-electron chi connectivity index (χ4n) is 2.48. The molecule has 1 aliphatic heterocycles. The molecule has 2 N–H and O–H groups in total. The minimum absolute atomic E-state index is 0.567. The highest BCUT2D eigenvalue weighted by Gasteiger charge is 2.18. The van der Waals surface area contributed by atoms with Gasteiger partial charge in [0.1, 0.15) is 11.6 Å². The Hall–Kier alpha value is -1.29. The molecule has 4 nitrogen and oxygen atoms in total. The summed E-state index contributed by atoms with van der Waals surface area (Å²) in [6.45, 7) is 5.90. The number of piperidine rings is 1. The van der Waals surface area contributed by atoms with Gasteiger partial charge in [0.15, 0.2) is 0 Å². The maximum absolute atomic E-state index is 4.50. The summed E-state index contributed by atoms with van der Waals surface area (Å²) < 4.78 is 0. The SMILES string of the molecule is CCCN1CCC(Nc2cccc(NC)n2)CC1. The Labute approximate surface area is 110 Å². The summed E-state index contributed by atoms with van der Waals surface area (Å²) in [5.41, 5.74) is 0. The van der Waals surface area contributed by atoms with Crippen LogP contribution in [0.3, 0.4) is 0 Å². The van der Waals surface area contributed by atoms with Crippen LogP contribution in [0.15, 0.2) is 18.2 Å². The lowest BCUT2D eigenvalue weighted by Crippen LogP contribution is -2.39. The van der Waals surface area contributed by atoms with Crippen molar-refractivity contribution in [1.29, 1.82) is 0 Å². The first-order valence-electron chi connectivity index (χ1n) is 6.95. The van der Waals surface area contributed by atoms with Crippen molar-refractivity contribution in [3.05, 3.63) is 18.2 Å². The summed E-state index contributed by atoms with van der Waals surface area (Å²) in [6, 6.07) is 6.62. The Morgan fingerprint density at radius 1 is 1.28 bits per heavy atom. The number of likely N-dealkylation sites (tertiary alicyclic amines) is 1. The standard InChI is InChI=1S/C14H24N4/c1-3-9-18-10-7-12(8-11-18)16-14-6-4-5-13(15-2)17-14/h4-6,12H,3,7-11H2,1-2H3,(H2,15,16,17). The first kappa shape index (κ1) is 13.1. The molecule has 18 heavy (non-hydrogen) atoms. The fraction of sp³-hybridized carbons (Fsp3) is 0.643.